The quantitative estimate of drug-likeness (QED) is 0.696. The molecule has 1 N–H and O–H groups in total. The average molecular weight is 307 g/mol. The molecule has 5 nitrogen and oxygen atoms in total. The van der Waals surface area contributed by atoms with E-state index in [-0.39, 0.29) is 5.91 Å². The number of hydrazone groups is 1. The van der Waals surface area contributed by atoms with Crippen molar-refractivity contribution in [3.05, 3.63) is 52.3 Å². The highest BCUT2D eigenvalue weighted by atomic mass is 79.9. The number of carbonyl (C=O) groups excluding carboxylic acids is 1. The van der Waals surface area contributed by atoms with E-state index in [4.69, 9.17) is 0 Å². The van der Waals surface area contributed by atoms with Gasteiger partial charge in [0.2, 0.25) is 0 Å². The molecule has 0 saturated carbocycles. The second-order valence-corrected chi connectivity index (χ2v) is 4.54. The molecule has 0 radical (unpaired) electrons. The van der Waals surface area contributed by atoms with Gasteiger partial charge in [-0.1, -0.05) is 28.1 Å². The number of rotatable bonds is 3. The highest BCUT2D eigenvalue weighted by molar-refractivity contribution is 9.10. The molecule has 18 heavy (non-hydrogen) atoms. The summed E-state index contributed by atoms with van der Waals surface area (Å²) in [7, 11) is 1.75. The van der Waals surface area contributed by atoms with Gasteiger partial charge in [0.1, 0.15) is 0 Å². The van der Waals surface area contributed by atoms with E-state index in [1.807, 2.05) is 24.3 Å². The van der Waals surface area contributed by atoms with Gasteiger partial charge in [0, 0.05) is 17.7 Å². The molecule has 1 heterocycles. The Hall–Kier alpha value is -1.95. The van der Waals surface area contributed by atoms with Crippen LogP contribution >= 0.6 is 15.9 Å². The number of halogens is 1. The van der Waals surface area contributed by atoms with E-state index in [9.17, 15) is 4.79 Å². The Morgan fingerprint density at radius 1 is 1.50 bits per heavy atom. The van der Waals surface area contributed by atoms with Gasteiger partial charge in [-0.2, -0.15) is 10.2 Å². The van der Waals surface area contributed by atoms with Gasteiger partial charge in [0.25, 0.3) is 5.91 Å². The van der Waals surface area contributed by atoms with Crippen LogP contribution in [0.2, 0.25) is 0 Å². The lowest BCUT2D eigenvalue weighted by Gasteiger charge is -1.96. The molecule has 1 amide bonds. The molecule has 2 aromatic rings. The molecular weight excluding hydrogens is 296 g/mol. The number of aryl methyl sites for hydroxylation is 1. The summed E-state index contributed by atoms with van der Waals surface area (Å²) in [5.41, 5.74) is 3.65. The van der Waals surface area contributed by atoms with Gasteiger partial charge < -0.3 is 0 Å². The highest BCUT2D eigenvalue weighted by Gasteiger charge is 2.06. The summed E-state index contributed by atoms with van der Waals surface area (Å²) in [6, 6.07) is 9.23. The molecule has 2 rings (SSSR count). The minimum absolute atomic E-state index is 0.332. The third-order valence-electron chi connectivity index (χ3n) is 2.17. The largest absolute Gasteiger partial charge is 0.291 e. The predicted octanol–water partition coefficient (Wildman–Crippen LogP) is 1.95. The third-order valence-corrected chi connectivity index (χ3v) is 2.67. The summed E-state index contributed by atoms with van der Waals surface area (Å²) in [6.45, 7) is 0. The first kappa shape index (κ1) is 12.5. The number of amides is 1. The van der Waals surface area contributed by atoms with Crippen LogP contribution in [0.25, 0.3) is 0 Å². The molecule has 92 valence electrons. The van der Waals surface area contributed by atoms with Crippen molar-refractivity contribution in [1.82, 2.24) is 15.2 Å². The first-order valence-electron chi connectivity index (χ1n) is 5.24. The Kier molecular flexibility index (Phi) is 3.88. The molecule has 0 aliphatic carbocycles. The lowest BCUT2D eigenvalue weighted by Crippen LogP contribution is -2.18. The van der Waals surface area contributed by atoms with Crippen LogP contribution in [0, 0.1) is 0 Å². The molecule has 0 bridgehead atoms. The van der Waals surface area contributed by atoms with Crippen LogP contribution in [0.15, 0.2) is 46.1 Å². The molecule has 0 unspecified atom stereocenters. The molecule has 0 aliphatic rings. The van der Waals surface area contributed by atoms with Gasteiger partial charge in [-0.15, -0.1) is 0 Å². The van der Waals surface area contributed by atoms with Gasteiger partial charge in [-0.3, -0.25) is 9.48 Å². The summed E-state index contributed by atoms with van der Waals surface area (Å²) in [5.74, 6) is -0.332. The van der Waals surface area contributed by atoms with Gasteiger partial charge in [-0.25, -0.2) is 5.43 Å². The Morgan fingerprint density at radius 2 is 2.33 bits per heavy atom. The van der Waals surface area contributed by atoms with Crippen LogP contribution in [-0.4, -0.2) is 21.9 Å². The van der Waals surface area contributed by atoms with Crippen LogP contribution in [0.4, 0.5) is 0 Å². The predicted molar refractivity (Wildman–Crippen MR) is 72.4 cm³/mol. The third kappa shape index (κ3) is 3.27. The molecule has 1 aromatic heterocycles. The van der Waals surface area contributed by atoms with E-state index in [0.717, 1.165) is 10.0 Å². The van der Waals surface area contributed by atoms with Crippen LogP contribution < -0.4 is 5.43 Å². The van der Waals surface area contributed by atoms with Crippen molar-refractivity contribution in [2.75, 3.05) is 0 Å². The van der Waals surface area contributed by atoms with Gasteiger partial charge in [0.15, 0.2) is 5.69 Å². The number of carbonyl (C=O) groups is 1. The standard InChI is InChI=1S/C12H11BrN4O/c1-17-6-5-11(16-17)12(18)15-14-8-9-3-2-4-10(13)7-9/h2-8H,1H3,(H,15,18). The maximum absolute atomic E-state index is 11.6. The average Bonchev–Trinajstić information content (AvgIpc) is 2.76. The van der Waals surface area contributed by atoms with Crippen molar-refractivity contribution in [3.63, 3.8) is 0 Å². The Labute approximate surface area is 113 Å². The zero-order valence-corrected chi connectivity index (χ0v) is 11.3. The minimum atomic E-state index is -0.332. The van der Waals surface area contributed by atoms with E-state index in [0.29, 0.717) is 5.69 Å². The molecular formula is C12H11BrN4O. The maximum atomic E-state index is 11.6. The van der Waals surface area contributed by atoms with E-state index < -0.39 is 0 Å². The topological polar surface area (TPSA) is 59.3 Å². The number of benzene rings is 1. The summed E-state index contributed by atoms with van der Waals surface area (Å²) in [4.78, 5) is 11.6. The van der Waals surface area contributed by atoms with E-state index in [1.165, 1.54) is 0 Å². The molecule has 0 spiro atoms. The molecule has 0 atom stereocenters. The van der Waals surface area contributed by atoms with E-state index >= 15 is 0 Å². The Balaban J connectivity index is 1.97. The summed E-state index contributed by atoms with van der Waals surface area (Å²) < 4.78 is 2.52. The first-order chi connectivity index (χ1) is 8.65. The fourth-order valence-electron chi connectivity index (χ4n) is 1.35. The SMILES string of the molecule is Cn1ccc(C(=O)NN=Cc2cccc(Br)c2)n1. The highest BCUT2D eigenvalue weighted by Crippen LogP contribution is 2.09. The molecule has 6 heteroatoms. The number of aromatic nitrogens is 2. The number of nitrogens with one attached hydrogen (secondary N) is 1. The fraction of sp³-hybridized carbons (Fsp3) is 0.0833. The van der Waals surface area contributed by atoms with E-state index in [2.05, 4.69) is 31.6 Å². The van der Waals surface area contributed by atoms with Crippen LogP contribution in [-0.2, 0) is 7.05 Å². The Bertz CT molecular complexity index is 591. The number of nitrogens with zero attached hydrogens (tertiary/aromatic N) is 3. The lowest BCUT2D eigenvalue weighted by molar-refractivity contribution is 0.0949. The Morgan fingerprint density at radius 3 is 3.00 bits per heavy atom. The smallest absolute Gasteiger partial charge is 0.275 e. The van der Waals surface area contributed by atoms with E-state index in [1.54, 1.807) is 30.2 Å². The minimum Gasteiger partial charge on any atom is -0.275 e. The van der Waals surface area contributed by atoms with Crippen LogP contribution in [0.3, 0.4) is 0 Å². The monoisotopic (exact) mass is 306 g/mol. The first-order valence-corrected chi connectivity index (χ1v) is 6.03. The second kappa shape index (κ2) is 5.59. The van der Waals surface area contributed by atoms with Crippen molar-refractivity contribution in [2.24, 2.45) is 12.1 Å². The normalized spacial score (nSPS) is 10.8. The van der Waals surface area contributed by atoms with Crippen molar-refractivity contribution < 1.29 is 4.79 Å². The van der Waals surface area contributed by atoms with Crippen molar-refractivity contribution in [2.45, 2.75) is 0 Å². The molecule has 0 aliphatic heterocycles. The number of hydrogen-bond acceptors (Lipinski definition) is 3. The summed E-state index contributed by atoms with van der Waals surface area (Å²) in [5, 5.41) is 7.85. The van der Waals surface area contributed by atoms with Crippen molar-refractivity contribution in [1.29, 1.82) is 0 Å². The summed E-state index contributed by atoms with van der Waals surface area (Å²) >= 11 is 3.36. The van der Waals surface area contributed by atoms with Crippen LogP contribution in [0.1, 0.15) is 16.1 Å². The lowest BCUT2D eigenvalue weighted by atomic mass is 10.2. The summed E-state index contributed by atoms with van der Waals surface area (Å²) in [6.07, 6.45) is 3.28. The maximum Gasteiger partial charge on any atom is 0.291 e. The van der Waals surface area contributed by atoms with Crippen molar-refractivity contribution in [3.8, 4) is 0 Å². The zero-order chi connectivity index (χ0) is 13.0. The van der Waals surface area contributed by atoms with Gasteiger partial charge >= 0.3 is 0 Å². The second-order valence-electron chi connectivity index (χ2n) is 3.63. The van der Waals surface area contributed by atoms with Gasteiger partial charge in [0.05, 0.1) is 6.21 Å². The molecule has 0 fully saturated rings. The number of hydrogen-bond donors (Lipinski definition) is 1. The molecule has 1 aromatic carbocycles. The van der Waals surface area contributed by atoms with Crippen LogP contribution in [0.5, 0.6) is 0 Å². The van der Waals surface area contributed by atoms with Crippen molar-refractivity contribution >= 4 is 28.1 Å². The van der Waals surface area contributed by atoms with Gasteiger partial charge in [-0.05, 0) is 23.8 Å². The fourth-order valence-corrected chi connectivity index (χ4v) is 1.76. The molecule has 0 saturated heterocycles. The zero-order valence-electron chi connectivity index (χ0n) is 9.67.